The third kappa shape index (κ3) is 2.27. The number of rotatable bonds is 2. The van der Waals surface area contributed by atoms with Gasteiger partial charge in [-0.3, -0.25) is 0 Å². The molecule has 2 N–H and O–H groups in total. The van der Waals surface area contributed by atoms with Crippen LogP contribution in [0.3, 0.4) is 0 Å². The van der Waals surface area contributed by atoms with Crippen LogP contribution >= 0.6 is 0 Å². The topological polar surface area (TPSA) is 78.9 Å². The summed E-state index contributed by atoms with van der Waals surface area (Å²) in [5, 5.41) is 11.8. The first kappa shape index (κ1) is 11.2. The van der Waals surface area contributed by atoms with Crippen molar-refractivity contribution in [2.45, 2.75) is 31.3 Å². The van der Waals surface area contributed by atoms with Crippen LogP contribution in [0.2, 0.25) is 0 Å². The average Bonchev–Trinajstić information content (AvgIpc) is 2.86. The first-order chi connectivity index (χ1) is 7.68. The molecular weight excluding hydrogens is 212 g/mol. The van der Waals surface area contributed by atoms with Crippen molar-refractivity contribution in [2.75, 3.05) is 19.8 Å². The standard InChI is InChI=1S/C10H16N2O4/c13-9(14)8-2-1-4-12(8)10(15)11-7-3-5-16-6-7/h7-8H,1-6H2,(H,11,15)(H,13,14)/t7?,8-/m1/s1. The predicted octanol–water partition coefficient (Wildman–Crippen LogP) is 0.0339. The summed E-state index contributed by atoms with van der Waals surface area (Å²) in [6, 6.07) is -0.912. The number of nitrogens with one attached hydrogen (secondary N) is 1. The van der Waals surface area contributed by atoms with Crippen molar-refractivity contribution in [3.63, 3.8) is 0 Å². The Bertz CT molecular complexity index is 289. The molecule has 0 aliphatic carbocycles. The summed E-state index contributed by atoms with van der Waals surface area (Å²) in [4.78, 5) is 24.1. The molecule has 90 valence electrons. The Kier molecular flexibility index (Phi) is 3.28. The van der Waals surface area contributed by atoms with Crippen molar-refractivity contribution in [3.05, 3.63) is 0 Å². The number of amides is 2. The number of hydrogen-bond donors (Lipinski definition) is 2. The lowest BCUT2D eigenvalue weighted by atomic mass is 10.2. The van der Waals surface area contributed by atoms with Gasteiger partial charge in [0.1, 0.15) is 6.04 Å². The summed E-state index contributed by atoms with van der Waals surface area (Å²) in [7, 11) is 0. The van der Waals surface area contributed by atoms with Crippen molar-refractivity contribution >= 4 is 12.0 Å². The number of ether oxygens (including phenoxy) is 1. The van der Waals surface area contributed by atoms with Crippen LogP contribution in [0.4, 0.5) is 4.79 Å². The molecule has 0 radical (unpaired) electrons. The van der Waals surface area contributed by atoms with E-state index in [0.717, 1.165) is 12.8 Å². The molecule has 6 heteroatoms. The third-order valence-electron chi connectivity index (χ3n) is 3.06. The molecule has 2 aliphatic rings. The Morgan fingerprint density at radius 1 is 1.38 bits per heavy atom. The van der Waals surface area contributed by atoms with Crippen LogP contribution < -0.4 is 5.32 Å². The molecule has 0 aromatic carbocycles. The second kappa shape index (κ2) is 4.69. The number of aliphatic carboxylic acids is 1. The Morgan fingerprint density at radius 2 is 2.19 bits per heavy atom. The molecule has 2 atom stereocenters. The number of carboxylic acids is 1. The normalized spacial score (nSPS) is 29.4. The maximum absolute atomic E-state index is 11.8. The van der Waals surface area contributed by atoms with E-state index >= 15 is 0 Å². The van der Waals surface area contributed by atoms with E-state index in [1.165, 1.54) is 4.90 Å². The van der Waals surface area contributed by atoms with Gasteiger partial charge in [-0.25, -0.2) is 9.59 Å². The molecule has 2 saturated heterocycles. The molecule has 2 amide bonds. The zero-order chi connectivity index (χ0) is 11.5. The Labute approximate surface area is 93.6 Å². The van der Waals surface area contributed by atoms with Crippen molar-refractivity contribution < 1.29 is 19.4 Å². The molecular formula is C10H16N2O4. The third-order valence-corrected chi connectivity index (χ3v) is 3.06. The molecule has 2 aliphatic heterocycles. The van der Waals surface area contributed by atoms with E-state index in [1.807, 2.05) is 0 Å². The predicted molar refractivity (Wildman–Crippen MR) is 55.1 cm³/mol. The molecule has 1 unspecified atom stereocenters. The Morgan fingerprint density at radius 3 is 2.81 bits per heavy atom. The van der Waals surface area contributed by atoms with E-state index in [0.29, 0.717) is 26.2 Å². The maximum atomic E-state index is 11.8. The fourth-order valence-electron chi connectivity index (χ4n) is 2.17. The summed E-state index contributed by atoms with van der Waals surface area (Å²) < 4.78 is 5.15. The molecule has 2 rings (SSSR count). The number of likely N-dealkylation sites (tertiary alicyclic amines) is 1. The van der Waals surface area contributed by atoms with Gasteiger partial charge >= 0.3 is 12.0 Å². The number of hydrogen-bond acceptors (Lipinski definition) is 3. The van der Waals surface area contributed by atoms with Gasteiger partial charge in [-0.15, -0.1) is 0 Å². The van der Waals surface area contributed by atoms with Gasteiger partial charge in [0.15, 0.2) is 0 Å². The van der Waals surface area contributed by atoms with Crippen LogP contribution in [0.25, 0.3) is 0 Å². The number of carbonyl (C=O) groups is 2. The van der Waals surface area contributed by atoms with Crippen LogP contribution in [0.5, 0.6) is 0 Å². The average molecular weight is 228 g/mol. The van der Waals surface area contributed by atoms with E-state index in [-0.39, 0.29) is 12.1 Å². The maximum Gasteiger partial charge on any atom is 0.326 e. The van der Waals surface area contributed by atoms with Crippen molar-refractivity contribution in [3.8, 4) is 0 Å². The van der Waals surface area contributed by atoms with E-state index in [4.69, 9.17) is 9.84 Å². The molecule has 0 aromatic heterocycles. The lowest BCUT2D eigenvalue weighted by Gasteiger charge is -2.23. The van der Waals surface area contributed by atoms with Gasteiger partial charge in [0.05, 0.1) is 12.6 Å². The SMILES string of the molecule is O=C(O)[C@H]1CCCN1C(=O)NC1CCOC1. The number of carbonyl (C=O) groups excluding carboxylic acids is 1. The zero-order valence-corrected chi connectivity index (χ0v) is 9.02. The summed E-state index contributed by atoms with van der Waals surface area (Å²) in [6.07, 6.45) is 2.10. The molecule has 0 saturated carbocycles. The summed E-state index contributed by atoms with van der Waals surface area (Å²) >= 11 is 0. The first-order valence-electron chi connectivity index (χ1n) is 5.56. The molecule has 0 aromatic rings. The summed E-state index contributed by atoms with van der Waals surface area (Å²) in [5.74, 6) is -0.921. The van der Waals surface area contributed by atoms with Crippen LogP contribution in [0, 0.1) is 0 Å². The van der Waals surface area contributed by atoms with Gasteiger partial charge in [0.2, 0.25) is 0 Å². The first-order valence-corrected chi connectivity index (χ1v) is 5.56. The van der Waals surface area contributed by atoms with Gasteiger partial charge in [-0.1, -0.05) is 0 Å². The summed E-state index contributed by atoms with van der Waals surface area (Å²) in [5.41, 5.74) is 0. The monoisotopic (exact) mass is 228 g/mol. The van der Waals surface area contributed by atoms with E-state index in [9.17, 15) is 9.59 Å². The van der Waals surface area contributed by atoms with Crippen LogP contribution in [-0.2, 0) is 9.53 Å². The fraction of sp³-hybridized carbons (Fsp3) is 0.800. The van der Waals surface area contributed by atoms with Crippen molar-refractivity contribution in [2.24, 2.45) is 0 Å². The second-order valence-corrected chi connectivity index (χ2v) is 4.20. The second-order valence-electron chi connectivity index (χ2n) is 4.20. The van der Waals surface area contributed by atoms with E-state index in [1.54, 1.807) is 0 Å². The van der Waals surface area contributed by atoms with Crippen LogP contribution in [-0.4, -0.2) is 53.8 Å². The van der Waals surface area contributed by atoms with Crippen molar-refractivity contribution in [1.29, 1.82) is 0 Å². The Balaban J connectivity index is 1.90. The van der Waals surface area contributed by atoms with E-state index < -0.39 is 12.0 Å². The lowest BCUT2D eigenvalue weighted by Crippen LogP contribution is -2.49. The van der Waals surface area contributed by atoms with Gasteiger partial charge in [-0.2, -0.15) is 0 Å². The van der Waals surface area contributed by atoms with Crippen LogP contribution in [0.15, 0.2) is 0 Å². The minimum absolute atomic E-state index is 0.0301. The highest BCUT2D eigenvalue weighted by molar-refractivity contribution is 5.83. The molecule has 0 bridgehead atoms. The van der Waals surface area contributed by atoms with Gasteiger partial charge in [-0.05, 0) is 19.3 Å². The quantitative estimate of drug-likeness (QED) is 0.699. The highest BCUT2D eigenvalue weighted by atomic mass is 16.5. The largest absolute Gasteiger partial charge is 0.480 e. The summed E-state index contributed by atoms with van der Waals surface area (Å²) in [6.45, 7) is 1.71. The van der Waals surface area contributed by atoms with Gasteiger partial charge in [0.25, 0.3) is 0 Å². The van der Waals surface area contributed by atoms with E-state index in [2.05, 4.69) is 5.32 Å². The van der Waals surface area contributed by atoms with Crippen LogP contribution in [0.1, 0.15) is 19.3 Å². The Hall–Kier alpha value is -1.30. The number of nitrogens with zero attached hydrogens (tertiary/aromatic N) is 1. The fourth-order valence-corrected chi connectivity index (χ4v) is 2.17. The molecule has 2 fully saturated rings. The lowest BCUT2D eigenvalue weighted by molar-refractivity contribution is -0.141. The van der Waals surface area contributed by atoms with Gasteiger partial charge < -0.3 is 20.1 Å². The highest BCUT2D eigenvalue weighted by Gasteiger charge is 2.34. The highest BCUT2D eigenvalue weighted by Crippen LogP contribution is 2.17. The van der Waals surface area contributed by atoms with Crippen molar-refractivity contribution in [1.82, 2.24) is 10.2 Å². The molecule has 16 heavy (non-hydrogen) atoms. The number of urea groups is 1. The minimum Gasteiger partial charge on any atom is -0.480 e. The zero-order valence-electron chi connectivity index (χ0n) is 9.02. The minimum atomic E-state index is -0.921. The number of carboxylic acid groups (broad SMARTS) is 1. The molecule has 2 heterocycles. The smallest absolute Gasteiger partial charge is 0.326 e. The molecule has 6 nitrogen and oxygen atoms in total. The van der Waals surface area contributed by atoms with Gasteiger partial charge in [0, 0.05) is 13.2 Å². The molecule has 0 spiro atoms.